The molecule has 1 aliphatic carbocycles. The summed E-state index contributed by atoms with van der Waals surface area (Å²) in [5.74, 6) is -0.551. The Morgan fingerprint density at radius 3 is 2.42 bits per heavy atom. The summed E-state index contributed by atoms with van der Waals surface area (Å²) in [5.41, 5.74) is -0.498. The molecule has 0 aliphatic heterocycles. The Morgan fingerprint density at radius 1 is 1.58 bits per heavy atom. The van der Waals surface area contributed by atoms with Crippen LogP contribution < -0.4 is 0 Å². The Morgan fingerprint density at radius 2 is 2.08 bits per heavy atom. The highest BCUT2D eigenvalue weighted by molar-refractivity contribution is 5.75. The lowest BCUT2D eigenvalue weighted by molar-refractivity contribution is -0.150. The van der Waals surface area contributed by atoms with Crippen molar-refractivity contribution in [3.8, 4) is 0 Å². The molecular weight excluding hydrogens is 152 g/mol. The summed E-state index contributed by atoms with van der Waals surface area (Å²) in [5, 5.41) is 9.12. The number of carboxylic acids is 1. The van der Waals surface area contributed by atoms with Crippen molar-refractivity contribution in [2.45, 2.75) is 32.6 Å². The number of carboxylic acid groups (broad SMARTS) is 1. The largest absolute Gasteiger partial charge is 0.481 e. The normalized spacial score (nSPS) is 23.4. The lowest BCUT2D eigenvalue weighted by Gasteiger charge is -2.28. The first-order valence-electron chi connectivity index (χ1n) is 4.49. The van der Waals surface area contributed by atoms with E-state index >= 15 is 0 Å². The maximum Gasteiger partial charge on any atom is 0.310 e. The molecule has 0 radical (unpaired) electrons. The van der Waals surface area contributed by atoms with Gasteiger partial charge in [-0.3, -0.25) is 4.79 Å². The maximum absolute atomic E-state index is 11.1. The zero-order chi connectivity index (χ0) is 9.19. The average molecular weight is 168 g/mol. The molecule has 1 rings (SSSR count). The smallest absolute Gasteiger partial charge is 0.310 e. The first-order valence-corrected chi connectivity index (χ1v) is 4.49. The Hall–Kier alpha value is -0.790. The lowest BCUT2D eigenvalue weighted by Crippen LogP contribution is -2.33. The summed E-state index contributed by atoms with van der Waals surface area (Å²) in [6.45, 7) is 5.62. The van der Waals surface area contributed by atoms with Gasteiger partial charge in [-0.1, -0.05) is 25.8 Å². The molecule has 1 unspecified atom stereocenters. The summed E-state index contributed by atoms with van der Waals surface area (Å²) < 4.78 is 0. The molecule has 12 heavy (non-hydrogen) atoms. The van der Waals surface area contributed by atoms with Crippen LogP contribution in [0.2, 0.25) is 0 Å². The second-order valence-electron chi connectivity index (χ2n) is 3.69. The highest BCUT2D eigenvalue weighted by Crippen LogP contribution is 2.44. The fraction of sp³-hybridized carbons (Fsp3) is 0.700. The molecule has 0 aromatic rings. The zero-order valence-corrected chi connectivity index (χ0v) is 7.55. The van der Waals surface area contributed by atoms with E-state index in [1.54, 1.807) is 6.08 Å². The van der Waals surface area contributed by atoms with Crippen molar-refractivity contribution >= 4 is 5.97 Å². The van der Waals surface area contributed by atoms with E-state index in [-0.39, 0.29) is 5.92 Å². The topological polar surface area (TPSA) is 37.3 Å². The monoisotopic (exact) mass is 168 g/mol. The van der Waals surface area contributed by atoms with Crippen LogP contribution in [0.15, 0.2) is 12.7 Å². The van der Waals surface area contributed by atoms with Crippen LogP contribution in [-0.2, 0) is 4.79 Å². The van der Waals surface area contributed by atoms with Gasteiger partial charge in [-0.15, -0.1) is 6.58 Å². The molecule has 2 heteroatoms. The molecule has 0 saturated heterocycles. The van der Waals surface area contributed by atoms with E-state index in [0.29, 0.717) is 0 Å². The third kappa shape index (κ3) is 1.26. The number of carbonyl (C=O) groups is 1. The van der Waals surface area contributed by atoms with Crippen LogP contribution in [0.25, 0.3) is 0 Å². The van der Waals surface area contributed by atoms with E-state index in [1.165, 1.54) is 0 Å². The quantitative estimate of drug-likeness (QED) is 0.657. The summed E-state index contributed by atoms with van der Waals surface area (Å²) in [7, 11) is 0. The number of aliphatic carboxylic acids is 1. The van der Waals surface area contributed by atoms with E-state index in [9.17, 15) is 4.79 Å². The Balaban J connectivity index is 2.85. The van der Waals surface area contributed by atoms with Crippen molar-refractivity contribution in [3.63, 3.8) is 0 Å². The minimum Gasteiger partial charge on any atom is -0.481 e. The fourth-order valence-electron chi connectivity index (χ4n) is 2.10. The van der Waals surface area contributed by atoms with E-state index in [1.807, 2.05) is 6.92 Å². The average Bonchev–Trinajstić information content (AvgIpc) is 2.52. The predicted octanol–water partition coefficient (Wildman–Crippen LogP) is 2.45. The van der Waals surface area contributed by atoms with Gasteiger partial charge in [0.1, 0.15) is 0 Å². The van der Waals surface area contributed by atoms with Gasteiger partial charge in [0.15, 0.2) is 0 Å². The molecule has 0 spiro atoms. The van der Waals surface area contributed by atoms with E-state index in [0.717, 1.165) is 25.7 Å². The lowest BCUT2D eigenvalue weighted by atomic mass is 9.75. The molecule has 1 fully saturated rings. The maximum atomic E-state index is 11.1. The Kier molecular flexibility index (Phi) is 2.55. The Labute approximate surface area is 73.3 Å². The van der Waals surface area contributed by atoms with Crippen molar-refractivity contribution in [1.82, 2.24) is 0 Å². The summed E-state index contributed by atoms with van der Waals surface area (Å²) in [6, 6.07) is 0. The second kappa shape index (κ2) is 3.30. The van der Waals surface area contributed by atoms with Gasteiger partial charge in [-0.05, 0) is 18.8 Å². The summed E-state index contributed by atoms with van der Waals surface area (Å²) in [6.07, 6.45) is 5.49. The first-order chi connectivity index (χ1) is 5.63. The molecule has 1 aliphatic rings. The molecule has 2 nitrogen and oxygen atoms in total. The first kappa shape index (κ1) is 9.30. The highest BCUT2D eigenvalue weighted by atomic mass is 16.4. The van der Waals surface area contributed by atoms with Crippen LogP contribution in [-0.4, -0.2) is 11.1 Å². The van der Waals surface area contributed by atoms with Crippen molar-refractivity contribution < 1.29 is 9.90 Å². The van der Waals surface area contributed by atoms with Crippen LogP contribution >= 0.6 is 0 Å². The van der Waals surface area contributed by atoms with Gasteiger partial charge in [0.25, 0.3) is 0 Å². The zero-order valence-electron chi connectivity index (χ0n) is 7.55. The molecule has 68 valence electrons. The van der Waals surface area contributed by atoms with E-state index in [4.69, 9.17) is 5.11 Å². The van der Waals surface area contributed by atoms with Gasteiger partial charge >= 0.3 is 5.97 Å². The molecule has 0 aromatic heterocycles. The van der Waals surface area contributed by atoms with Gasteiger partial charge < -0.3 is 5.11 Å². The van der Waals surface area contributed by atoms with Gasteiger partial charge in [0.05, 0.1) is 5.41 Å². The third-order valence-electron chi connectivity index (χ3n) is 3.15. The molecule has 0 heterocycles. The van der Waals surface area contributed by atoms with Crippen molar-refractivity contribution in [2.24, 2.45) is 11.3 Å². The molecular formula is C10H16O2. The second-order valence-corrected chi connectivity index (χ2v) is 3.69. The number of hydrogen-bond donors (Lipinski definition) is 1. The van der Waals surface area contributed by atoms with Crippen LogP contribution in [0.5, 0.6) is 0 Å². The Bertz CT molecular complexity index is 190. The minimum atomic E-state index is -0.646. The number of rotatable bonds is 3. The van der Waals surface area contributed by atoms with E-state index in [2.05, 4.69) is 6.58 Å². The van der Waals surface area contributed by atoms with Gasteiger partial charge in [-0.2, -0.15) is 0 Å². The van der Waals surface area contributed by atoms with Gasteiger partial charge in [0, 0.05) is 0 Å². The van der Waals surface area contributed by atoms with Gasteiger partial charge in [-0.25, -0.2) is 0 Å². The van der Waals surface area contributed by atoms with Crippen LogP contribution in [0.1, 0.15) is 32.6 Å². The molecule has 1 N–H and O–H groups in total. The number of allylic oxidation sites excluding steroid dienone is 1. The third-order valence-corrected chi connectivity index (χ3v) is 3.15. The predicted molar refractivity (Wildman–Crippen MR) is 47.9 cm³/mol. The molecule has 1 saturated carbocycles. The molecule has 0 aromatic carbocycles. The van der Waals surface area contributed by atoms with Crippen LogP contribution in [0.3, 0.4) is 0 Å². The van der Waals surface area contributed by atoms with Crippen molar-refractivity contribution in [1.29, 1.82) is 0 Å². The fourth-order valence-corrected chi connectivity index (χ4v) is 2.10. The van der Waals surface area contributed by atoms with Crippen molar-refractivity contribution in [2.75, 3.05) is 0 Å². The standard InChI is InChI=1S/C10H16O2/c1-3-8(2)10(9(11)12)6-4-5-7-10/h3,8H,1,4-7H2,2H3,(H,11,12). The SMILES string of the molecule is C=CC(C)C1(C(=O)O)CCCC1. The molecule has 1 atom stereocenters. The summed E-state index contributed by atoms with van der Waals surface area (Å²) in [4.78, 5) is 11.1. The summed E-state index contributed by atoms with van der Waals surface area (Å²) >= 11 is 0. The highest BCUT2D eigenvalue weighted by Gasteiger charge is 2.44. The molecule has 0 bridgehead atoms. The minimum absolute atomic E-state index is 0.0949. The van der Waals surface area contributed by atoms with Crippen molar-refractivity contribution in [3.05, 3.63) is 12.7 Å². The van der Waals surface area contributed by atoms with Crippen LogP contribution in [0, 0.1) is 11.3 Å². The molecule has 0 amide bonds. The number of hydrogen-bond acceptors (Lipinski definition) is 1. The van der Waals surface area contributed by atoms with E-state index < -0.39 is 11.4 Å². The van der Waals surface area contributed by atoms with Gasteiger partial charge in [0.2, 0.25) is 0 Å². The van der Waals surface area contributed by atoms with Crippen LogP contribution in [0.4, 0.5) is 0 Å².